The van der Waals surface area contributed by atoms with E-state index in [1.165, 1.54) is 12.1 Å². The number of carbonyl (C=O) groups is 2. The number of nitrogens with one attached hydrogen (secondary N) is 1. The molecule has 34 heavy (non-hydrogen) atoms. The van der Waals surface area contributed by atoms with Gasteiger partial charge in [0, 0.05) is 21.8 Å². The molecule has 0 bridgehead atoms. The van der Waals surface area contributed by atoms with Crippen molar-refractivity contribution in [2.75, 3.05) is 11.4 Å². The quantitative estimate of drug-likeness (QED) is 0.560. The molecule has 0 atom stereocenters. The van der Waals surface area contributed by atoms with Crippen molar-refractivity contribution in [2.45, 2.75) is 39.0 Å². The summed E-state index contributed by atoms with van der Waals surface area (Å²) in [5, 5.41) is 15.1. The van der Waals surface area contributed by atoms with Gasteiger partial charge in [-0.25, -0.2) is 0 Å². The number of tetrazole rings is 1. The number of nitrogens with zero attached hydrogens (tertiary/aromatic N) is 5. The molecule has 2 aromatic carbocycles. The van der Waals surface area contributed by atoms with Crippen LogP contribution in [0.15, 0.2) is 48.5 Å². The summed E-state index contributed by atoms with van der Waals surface area (Å²) in [6, 6.07) is 10.8. The van der Waals surface area contributed by atoms with Crippen LogP contribution in [0, 0.1) is 0 Å². The predicted molar refractivity (Wildman–Crippen MR) is 120 cm³/mol. The average molecular weight is 495 g/mol. The number of benzene rings is 2. The molecule has 1 heterocycles. The van der Waals surface area contributed by atoms with Crippen LogP contribution in [0.2, 0.25) is 5.02 Å². The third kappa shape index (κ3) is 6.77. The molecule has 1 aromatic heterocycles. The summed E-state index contributed by atoms with van der Waals surface area (Å²) in [4.78, 5) is 27.6. The Morgan fingerprint density at radius 1 is 1.09 bits per heavy atom. The Balaban J connectivity index is 1.86. The summed E-state index contributed by atoms with van der Waals surface area (Å²) in [6.45, 7) is 4.31. The topological polar surface area (TPSA) is 93.0 Å². The van der Waals surface area contributed by atoms with E-state index in [1.807, 2.05) is 0 Å². The highest BCUT2D eigenvalue weighted by molar-refractivity contribution is 6.30. The lowest BCUT2D eigenvalue weighted by Gasteiger charge is -2.26. The van der Waals surface area contributed by atoms with Crippen LogP contribution < -0.4 is 10.2 Å². The van der Waals surface area contributed by atoms with Gasteiger partial charge in [-0.3, -0.25) is 9.59 Å². The van der Waals surface area contributed by atoms with Gasteiger partial charge in [0.1, 0.15) is 13.1 Å². The zero-order valence-electron chi connectivity index (χ0n) is 18.6. The Hall–Kier alpha value is -3.47. The maximum atomic E-state index is 13.2. The third-order valence-corrected chi connectivity index (χ3v) is 4.69. The molecule has 0 radical (unpaired) electrons. The van der Waals surface area contributed by atoms with Crippen LogP contribution in [0.3, 0.4) is 0 Å². The molecule has 3 aromatic rings. The predicted octanol–water partition coefficient (Wildman–Crippen LogP) is 3.96. The minimum absolute atomic E-state index is 0.0816. The highest BCUT2D eigenvalue weighted by Crippen LogP contribution is 2.31. The molecule has 0 spiro atoms. The summed E-state index contributed by atoms with van der Waals surface area (Å²) >= 11 is 5.87. The van der Waals surface area contributed by atoms with Crippen molar-refractivity contribution in [3.8, 4) is 11.4 Å². The van der Waals surface area contributed by atoms with E-state index in [-0.39, 0.29) is 11.5 Å². The minimum atomic E-state index is -4.61. The van der Waals surface area contributed by atoms with E-state index in [4.69, 9.17) is 11.6 Å². The van der Waals surface area contributed by atoms with Gasteiger partial charge in [-0.1, -0.05) is 17.7 Å². The van der Waals surface area contributed by atoms with Gasteiger partial charge in [0.2, 0.25) is 11.7 Å². The van der Waals surface area contributed by atoms with Gasteiger partial charge >= 0.3 is 6.18 Å². The number of carbonyl (C=O) groups excluding carboxylic acids is 2. The van der Waals surface area contributed by atoms with Crippen LogP contribution >= 0.6 is 11.6 Å². The molecule has 0 aliphatic rings. The van der Waals surface area contributed by atoms with Crippen molar-refractivity contribution in [1.82, 2.24) is 25.5 Å². The van der Waals surface area contributed by atoms with Gasteiger partial charge in [0.05, 0.1) is 5.56 Å². The van der Waals surface area contributed by atoms with E-state index in [1.54, 1.807) is 45.0 Å². The second-order valence-corrected chi connectivity index (χ2v) is 8.91. The first-order valence-corrected chi connectivity index (χ1v) is 10.5. The Morgan fingerprint density at radius 3 is 2.38 bits per heavy atom. The number of halogens is 4. The molecule has 0 aliphatic heterocycles. The van der Waals surface area contributed by atoms with Gasteiger partial charge in [-0.2, -0.15) is 18.0 Å². The lowest BCUT2D eigenvalue weighted by atomic mass is 10.1. The van der Waals surface area contributed by atoms with E-state index in [0.29, 0.717) is 10.6 Å². The van der Waals surface area contributed by atoms with E-state index in [0.717, 1.165) is 21.8 Å². The number of hydrogen-bond acceptors (Lipinski definition) is 5. The first-order valence-electron chi connectivity index (χ1n) is 10.1. The van der Waals surface area contributed by atoms with Crippen LogP contribution in [0.5, 0.6) is 0 Å². The van der Waals surface area contributed by atoms with Gasteiger partial charge in [0.15, 0.2) is 0 Å². The average Bonchev–Trinajstić information content (AvgIpc) is 3.19. The van der Waals surface area contributed by atoms with Crippen molar-refractivity contribution < 1.29 is 22.8 Å². The van der Waals surface area contributed by atoms with Crippen LogP contribution in [0.25, 0.3) is 11.4 Å². The maximum Gasteiger partial charge on any atom is 0.416 e. The largest absolute Gasteiger partial charge is 0.416 e. The Morgan fingerprint density at radius 2 is 1.76 bits per heavy atom. The number of alkyl halides is 3. The maximum absolute atomic E-state index is 13.2. The zero-order chi connectivity index (χ0) is 25.1. The zero-order valence-corrected chi connectivity index (χ0v) is 19.4. The lowest BCUT2D eigenvalue weighted by Crippen LogP contribution is -2.48. The van der Waals surface area contributed by atoms with Crippen molar-refractivity contribution in [3.63, 3.8) is 0 Å². The highest BCUT2D eigenvalue weighted by Gasteiger charge is 2.32. The van der Waals surface area contributed by atoms with Crippen LogP contribution in [0.1, 0.15) is 26.3 Å². The Bertz CT molecular complexity index is 1170. The molecule has 0 fully saturated rings. The van der Waals surface area contributed by atoms with Gasteiger partial charge in [-0.15, -0.1) is 10.2 Å². The molecular weight excluding hydrogens is 473 g/mol. The van der Waals surface area contributed by atoms with Crippen molar-refractivity contribution in [1.29, 1.82) is 0 Å². The molecule has 0 saturated heterocycles. The molecule has 2 amide bonds. The summed E-state index contributed by atoms with van der Waals surface area (Å²) in [6.07, 6.45) is -4.61. The van der Waals surface area contributed by atoms with E-state index < -0.39 is 42.2 Å². The number of rotatable bonds is 6. The van der Waals surface area contributed by atoms with Crippen molar-refractivity contribution in [2.24, 2.45) is 0 Å². The number of anilines is 1. The van der Waals surface area contributed by atoms with E-state index in [9.17, 15) is 22.8 Å². The molecule has 180 valence electrons. The fourth-order valence-corrected chi connectivity index (χ4v) is 3.13. The van der Waals surface area contributed by atoms with Crippen molar-refractivity contribution in [3.05, 3.63) is 59.1 Å². The monoisotopic (exact) mass is 494 g/mol. The number of aromatic nitrogens is 4. The van der Waals surface area contributed by atoms with Crippen LogP contribution in [0.4, 0.5) is 18.9 Å². The summed E-state index contributed by atoms with van der Waals surface area (Å²) in [5.74, 6) is -0.990. The van der Waals surface area contributed by atoms with Gasteiger partial charge < -0.3 is 10.2 Å². The second-order valence-electron chi connectivity index (χ2n) is 8.48. The summed E-state index contributed by atoms with van der Waals surface area (Å²) in [7, 11) is 0. The molecule has 0 saturated carbocycles. The first-order chi connectivity index (χ1) is 15.8. The molecule has 0 aliphatic carbocycles. The third-order valence-electron chi connectivity index (χ3n) is 4.43. The van der Waals surface area contributed by atoms with Crippen LogP contribution in [-0.2, 0) is 22.3 Å². The fraction of sp³-hybridized carbons (Fsp3) is 0.318. The summed E-state index contributed by atoms with van der Waals surface area (Å²) < 4.78 is 39.7. The molecule has 0 unspecified atom stereocenters. The number of hydrogen-bond donors (Lipinski definition) is 1. The van der Waals surface area contributed by atoms with Gasteiger partial charge in [-0.05, 0) is 68.4 Å². The van der Waals surface area contributed by atoms with Crippen molar-refractivity contribution >= 4 is 29.1 Å². The molecule has 12 heteroatoms. The number of amides is 2. The van der Waals surface area contributed by atoms with E-state index >= 15 is 0 Å². The van der Waals surface area contributed by atoms with E-state index in [2.05, 4.69) is 20.7 Å². The smallest absolute Gasteiger partial charge is 0.350 e. The lowest BCUT2D eigenvalue weighted by molar-refractivity contribution is -0.137. The second kappa shape index (κ2) is 9.80. The normalized spacial score (nSPS) is 11.9. The molecule has 3 rings (SSSR count). The minimum Gasteiger partial charge on any atom is -0.350 e. The van der Waals surface area contributed by atoms with Gasteiger partial charge in [0.25, 0.3) is 5.91 Å². The van der Waals surface area contributed by atoms with Crippen LogP contribution in [-0.4, -0.2) is 44.1 Å². The standard InChI is InChI=1S/C22H22ClF3N6O2/c1-21(2,3)27-18(33)12-31(17-6-4-5-15(11-17)22(24,25)26)19(34)13-32-29-20(28-30-32)14-7-9-16(23)10-8-14/h4-11H,12-13H2,1-3H3,(H,27,33). The Labute approximate surface area is 198 Å². The highest BCUT2D eigenvalue weighted by atomic mass is 35.5. The fourth-order valence-electron chi connectivity index (χ4n) is 3.01. The molecule has 8 nitrogen and oxygen atoms in total. The Kier molecular flexibility index (Phi) is 7.25. The molecule has 1 N–H and O–H groups in total. The first kappa shape index (κ1) is 25.2. The molecular formula is C22H22ClF3N6O2. The summed E-state index contributed by atoms with van der Waals surface area (Å²) in [5.41, 5.74) is -1.01. The SMILES string of the molecule is CC(C)(C)NC(=O)CN(C(=O)Cn1nnc(-c2ccc(Cl)cc2)n1)c1cccc(C(F)(F)F)c1.